The Morgan fingerprint density at radius 1 is 1.00 bits per heavy atom. The number of rotatable bonds is 8. The van der Waals surface area contributed by atoms with Gasteiger partial charge in [0.15, 0.2) is 0 Å². The zero-order valence-electron chi connectivity index (χ0n) is 19.5. The smallest absolute Gasteiger partial charge is 0.323 e. The third-order valence-electron chi connectivity index (χ3n) is 5.59. The lowest BCUT2D eigenvalue weighted by Crippen LogP contribution is -2.33. The second-order valence-corrected chi connectivity index (χ2v) is 9.85. The number of nitrogens with zero attached hydrogens (tertiary/aromatic N) is 3. The van der Waals surface area contributed by atoms with Gasteiger partial charge in [0.25, 0.3) is 5.91 Å². The van der Waals surface area contributed by atoms with Crippen LogP contribution in [0, 0.1) is 0 Å². The van der Waals surface area contributed by atoms with Crippen molar-refractivity contribution in [3.05, 3.63) is 107 Å². The van der Waals surface area contributed by atoms with Gasteiger partial charge >= 0.3 is 5.97 Å². The summed E-state index contributed by atoms with van der Waals surface area (Å²) in [5, 5.41) is 13.9. The normalized spacial score (nSPS) is 14.4. The molecule has 0 atom stereocenters. The molecule has 1 fully saturated rings. The van der Waals surface area contributed by atoms with Crippen molar-refractivity contribution in [2.24, 2.45) is 0 Å². The van der Waals surface area contributed by atoms with Gasteiger partial charge in [0.05, 0.1) is 16.3 Å². The van der Waals surface area contributed by atoms with Gasteiger partial charge in [0.2, 0.25) is 0 Å². The van der Waals surface area contributed by atoms with Gasteiger partial charge in [-0.15, -0.1) is 0 Å². The molecule has 1 amide bonds. The van der Waals surface area contributed by atoms with Crippen LogP contribution in [0.5, 0.6) is 5.75 Å². The molecule has 7 nitrogen and oxygen atoms in total. The average Bonchev–Trinajstić information content (AvgIpc) is 3.45. The molecule has 184 valence electrons. The van der Waals surface area contributed by atoms with E-state index in [2.05, 4.69) is 0 Å². The van der Waals surface area contributed by atoms with Crippen LogP contribution >= 0.6 is 24.0 Å². The maximum absolute atomic E-state index is 12.9. The molecule has 0 radical (unpaired) electrons. The second-order valence-electron chi connectivity index (χ2n) is 8.17. The lowest BCUT2D eigenvalue weighted by Gasteiger charge is -2.10. The number of amides is 1. The Balaban J connectivity index is 1.46. The van der Waals surface area contributed by atoms with Crippen molar-refractivity contribution in [3.63, 3.8) is 0 Å². The predicted molar refractivity (Wildman–Crippen MR) is 147 cm³/mol. The quantitative estimate of drug-likeness (QED) is 0.242. The summed E-state index contributed by atoms with van der Waals surface area (Å²) >= 11 is 6.32. The number of aromatic nitrogens is 2. The van der Waals surface area contributed by atoms with Crippen LogP contribution in [-0.4, -0.2) is 42.5 Å². The molecule has 4 aromatic rings. The Bertz CT molecular complexity index is 1480. The first-order valence-corrected chi connectivity index (χ1v) is 12.6. The summed E-state index contributed by atoms with van der Waals surface area (Å²) in [6, 6.07) is 27.2. The minimum Gasteiger partial charge on any atom is -0.489 e. The molecule has 1 saturated heterocycles. The number of ether oxygens (including phenoxy) is 1. The summed E-state index contributed by atoms with van der Waals surface area (Å²) in [6.45, 7) is -0.00512. The predicted octanol–water partition coefficient (Wildman–Crippen LogP) is 5.40. The van der Waals surface area contributed by atoms with Gasteiger partial charge in [-0.2, -0.15) is 5.10 Å². The maximum Gasteiger partial charge on any atom is 0.323 e. The largest absolute Gasteiger partial charge is 0.489 e. The van der Waals surface area contributed by atoms with Crippen molar-refractivity contribution in [2.75, 3.05) is 6.54 Å². The molecule has 1 aliphatic heterocycles. The number of carbonyl (C=O) groups excluding carboxylic acids is 1. The van der Waals surface area contributed by atoms with Crippen LogP contribution in [0.25, 0.3) is 23.0 Å². The van der Waals surface area contributed by atoms with Crippen LogP contribution in [0.4, 0.5) is 0 Å². The van der Waals surface area contributed by atoms with Crippen molar-refractivity contribution < 1.29 is 19.4 Å². The van der Waals surface area contributed by atoms with Crippen molar-refractivity contribution >= 4 is 46.3 Å². The van der Waals surface area contributed by atoms with Crippen molar-refractivity contribution in [1.82, 2.24) is 14.7 Å². The molecular weight excluding hydrogens is 506 g/mol. The number of hydrogen-bond acceptors (Lipinski definition) is 6. The molecule has 0 unspecified atom stereocenters. The number of hydrogen-bond donors (Lipinski definition) is 1. The van der Waals surface area contributed by atoms with Crippen molar-refractivity contribution in [3.8, 4) is 22.7 Å². The van der Waals surface area contributed by atoms with Gasteiger partial charge in [-0.05, 0) is 48.0 Å². The highest BCUT2D eigenvalue weighted by molar-refractivity contribution is 8.26. The van der Waals surface area contributed by atoms with Crippen molar-refractivity contribution in [2.45, 2.75) is 6.61 Å². The second kappa shape index (κ2) is 10.8. The topological polar surface area (TPSA) is 84.7 Å². The first-order chi connectivity index (χ1) is 18.0. The highest BCUT2D eigenvalue weighted by Gasteiger charge is 2.33. The monoisotopic (exact) mass is 527 g/mol. The van der Waals surface area contributed by atoms with Gasteiger partial charge in [0, 0.05) is 17.3 Å². The van der Waals surface area contributed by atoms with E-state index in [0.29, 0.717) is 22.8 Å². The van der Waals surface area contributed by atoms with E-state index in [1.165, 1.54) is 0 Å². The first-order valence-electron chi connectivity index (χ1n) is 11.4. The van der Waals surface area contributed by atoms with E-state index >= 15 is 0 Å². The van der Waals surface area contributed by atoms with E-state index < -0.39 is 18.4 Å². The van der Waals surface area contributed by atoms with Crippen LogP contribution in [0.2, 0.25) is 0 Å². The molecule has 0 spiro atoms. The summed E-state index contributed by atoms with van der Waals surface area (Å²) < 4.78 is 7.88. The van der Waals surface area contributed by atoms with E-state index in [-0.39, 0.29) is 4.32 Å². The Morgan fingerprint density at radius 2 is 1.68 bits per heavy atom. The summed E-state index contributed by atoms with van der Waals surface area (Å²) in [7, 11) is 0. The Morgan fingerprint density at radius 3 is 2.35 bits per heavy atom. The maximum atomic E-state index is 12.9. The number of aliphatic carboxylic acids is 1. The molecule has 0 saturated carbocycles. The zero-order valence-corrected chi connectivity index (χ0v) is 21.1. The molecule has 5 rings (SSSR count). The van der Waals surface area contributed by atoms with E-state index in [1.54, 1.807) is 10.8 Å². The molecule has 9 heteroatoms. The fourth-order valence-corrected chi connectivity index (χ4v) is 5.04. The fraction of sp³-hybridized carbons (Fsp3) is 0.0714. The lowest BCUT2D eigenvalue weighted by molar-refractivity contribution is -0.140. The van der Waals surface area contributed by atoms with Crippen molar-refractivity contribution in [1.29, 1.82) is 0 Å². The molecule has 2 heterocycles. The van der Waals surface area contributed by atoms with E-state index in [0.717, 1.165) is 39.2 Å². The van der Waals surface area contributed by atoms with Gasteiger partial charge in [-0.25, -0.2) is 4.68 Å². The minimum absolute atomic E-state index is 0.218. The van der Waals surface area contributed by atoms with Crippen LogP contribution < -0.4 is 4.74 Å². The highest BCUT2D eigenvalue weighted by atomic mass is 32.2. The van der Waals surface area contributed by atoms with Gasteiger partial charge < -0.3 is 9.84 Å². The van der Waals surface area contributed by atoms with Crippen LogP contribution in [0.3, 0.4) is 0 Å². The van der Waals surface area contributed by atoms with Crippen LogP contribution in [0.15, 0.2) is 96.0 Å². The molecule has 1 N–H and O–H groups in total. The van der Waals surface area contributed by atoms with Gasteiger partial charge in [0.1, 0.15) is 23.2 Å². The third-order valence-corrected chi connectivity index (χ3v) is 6.97. The lowest BCUT2D eigenvalue weighted by atomic mass is 10.1. The van der Waals surface area contributed by atoms with Crippen LogP contribution in [0.1, 0.15) is 11.1 Å². The van der Waals surface area contributed by atoms with Gasteiger partial charge in [-0.1, -0.05) is 72.5 Å². The number of para-hydroxylation sites is 1. The SMILES string of the molecule is O=C(O)CN1C(=O)C(=Cc2cn(-c3ccccc3)nc2-c2ccc(OCc3ccccc3)cc2)SC1=S. The van der Waals surface area contributed by atoms with E-state index in [9.17, 15) is 9.59 Å². The average molecular weight is 528 g/mol. The minimum atomic E-state index is -1.12. The molecule has 3 aromatic carbocycles. The standard InChI is InChI=1S/C28H21N3O4S2/c32-25(33)17-30-27(34)24(37-28(30)36)15-21-16-31(22-9-5-2-6-10-22)29-26(21)20-11-13-23(14-12-20)35-18-19-7-3-1-4-8-19/h1-16H,17-18H2,(H,32,33). The Hall–Kier alpha value is -4.21. The summed E-state index contributed by atoms with van der Waals surface area (Å²) in [6.07, 6.45) is 3.55. The first kappa shape index (κ1) is 24.5. The molecule has 1 aliphatic rings. The number of benzene rings is 3. The third kappa shape index (κ3) is 5.63. The molecule has 1 aromatic heterocycles. The molecule has 0 bridgehead atoms. The van der Waals surface area contributed by atoms with Crippen LogP contribution in [-0.2, 0) is 16.2 Å². The molecular formula is C28H21N3O4S2. The Kier molecular flexibility index (Phi) is 7.16. The number of carboxylic acid groups (broad SMARTS) is 1. The zero-order chi connectivity index (χ0) is 25.8. The van der Waals surface area contributed by atoms with E-state index in [1.807, 2.05) is 91.1 Å². The summed E-state index contributed by atoms with van der Waals surface area (Å²) in [5.41, 5.74) is 4.16. The molecule has 37 heavy (non-hydrogen) atoms. The highest BCUT2D eigenvalue weighted by Crippen LogP contribution is 2.35. The number of carboxylic acids is 1. The number of thiocarbonyl (C=S) groups is 1. The number of thioether (sulfide) groups is 1. The summed E-state index contributed by atoms with van der Waals surface area (Å²) in [4.78, 5) is 25.5. The fourth-order valence-electron chi connectivity index (χ4n) is 3.79. The van der Waals surface area contributed by atoms with E-state index in [4.69, 9.17) is 27.2 Å². The Labute approximate surface area is 223 Å². The molecule has 0 aliphatic carbocycles. The number of carbonyl (C=O) groups is 2. The summed E-state index contributed by atoms with van der Waals surface area (Å²) in [5.74, 6) is -0.823. The van der Waals surface area contributed by atoms with Gasteiger partial charge in [-0.3, -0.25) is 14.5 Å².